The molecule has 0 unspecified atom stereocenters. The van der Waals surface area contributed by atoms with Gasteiger partial charge in [0.1, 0.15) is 5.82 Å². The van der Waals surface area contributed by atoms with Crippen molar-refractivity contribution in [2.75, 3.05) is 0 Å². The third kappa shape index (κ3) is 2.22. The van der Waals surface area contributed by atoms with Crippen LogP contribution in [0.3, 0.4) is 0 Å². The maximum atomic E-state index is 5.95. The fourth-order valence-electron chi connectivity index (χ4n) is 1.88. The molecule has 0 aliphatic carbocycles. The predicted octanol–water partition coefficient (Wildman–Crippen LogP) is 3.82. The maximum absolute atomic E-state index is 5.95. The van der Waals surface area contributed by atoms with E-state index < -0.39 is 0 Å². The highest BCUT2D eigenvalue weighted by molar-refractivity contribution is 6.16. The highest BCUT2D eigenvalue weighted by atomic mass is 35.5. The summed E-state index contributed by atoms with van der Waals surface area (Å²) < 4.78 is 2.22. The zero-order valence-electron chi connectivity index (χ0n) is 10.00. The van der Waals surface area contributed by atoms with E-state index in [1.165, 1.54) is 5.52 Å². The Hall–Kier alpha value is -1.02. The van der Waals surface area contributed by atoms with Gasteiger partial charge in [-0.2, -0.15) is 0 Å². The van der Waals surface area contributed by atoms with Gasteiger partial charge in [-0.1, -0.05) is 32.9 Å². The van der Waals surface area contributed by atoms with Crippen molar-refractivity contribution in [3.63, 3.8) is 0 Å². The van der Waals surface area contributed by atoms with Crippen molar-refractivity contribution >= 4 is 22.6 Å². The van der Waals surface area contributed by atoms with E-state index in [1.807, 2.05) is 18.2 Å². The number of aromatic nitrogens is 2. The van der Waals surface area contributed by atoms with Crippen LogP contribution in [0.5, 0.6) is 0 Å². The first-order chi connectivity index (χ1) is 7.51. The lowest BCUT2D eigenvalue weighted by Gasteiger charge is -2.20. The summed E-state index contributed by atoms with van der Waals surface area (Å²) in [4.78, 5) is 4.55. The molecule has 16 heavy (non-hydrogen) atoms. The molecule has 0 atom stereocenters. The summed E-state index contributed by atoms with van der Waals surface area (Å²) in [5, 5.41) is 0. The van der Waals surface area contributed by atoms with Crippen molar-refractivity contribution in [2.45, 2.75) is 33.2 Å². The highest BCUT2D eigenvalue weighted by Crippen LogP contribution is 2.23. The van der Waals surface area contributed by atoms with Gasteiger partial charge in [0, 0.05) is 6.54 Å². The lowest BCUT2D eigenvalue weighted by Crippen LogP contribution is -2.17. The van der Waals surface area contributed by atoms with Gasteiger partial charge in [-0.15, -0.1) is 11.6 Å². The summed E-state index contributed by atoms with van der Waals surface area (Å²) in [5.74, 6) is 1.42. The second kappa shape index (κ2) is 4.10. The molecule has 0 saturated carbocycles. The SMILES string of the molecule is CC(C)(C)Cn1c(CCl)nc2ccccc21. The van der Waals surface area contributed by atoms with Gasteiger partial charge in [-0.25, -0.2) is 4.98 Å². The Morgan fingerprint density at radius 1 is 1.25 bits per heavy atom. The van der Waals surface area contributed by atoms with Crippen molar-refractivity contribution in [3.8, 4) is 0 Å². The van der Waals surface area contributed by atoms with E-state index in [9.17, 15) is 0 Å². The molecular formula is C13H17ClN2. The first-order valence-electron chi connectivity index (χ1n) is 5.51. The summed E-state index contributed by atoms with van der Waals surface area (Å²) >= 11 is 5.95. The molecule has 0 aliphatic rings. The summed E-state index contributed by atoms with van der Waals surface area (Å²) in [6.45, 7) is 7.61. The summed E-state index contributed by atoms with van der Waals surface area (Å²) in [6.07, 6.45) is 0. The Morgan fingerprint density at radius 2 is 1.94 bits per heavy atom. The molecule has 0 N–H and O–H groups in total. The largest absolute Gasteiger partial charge is 0.326 e. The zero-order chi connectivity index (χ0) is 11.8. The normalized spacial score (nSPS) is 12.2. The van der Waals surface area contributed by atoms with Crippen molar-refractivity contribution in [2.24, 2.45) is 5.41 Å². The minimum atomic E-state index is 0.226. The number of hydrogen-bond acceptors (Lipinski definition) is 1. The second-order valence-electron chi connectivity index (χ2n) is 5.30. The lowest BCUT2D eigenvalue weighted by atomic mass is 9.97. The monoisotopic (exact) mass is 236 g/mol. The first-order valence-corrected chi connectivity index (χ1v) is 6.05. The van der Waals surface area contributed by atoms with Crippen LogP contribution < -0.4 is 0 Å². The van der Waals surface area contributed by atoms with E-state index in [0.717, 1.165) is 17.9 Å². The van der Waals surface area contributed by atoms with Crippen molar-refractivity contribution in [1.82, 2.24) is 9.55 Å². The Balaban J connectivity index is 2.56. The number of benzene rings is 1. The summed E-state index contributed by atoms with van der Waals surface area (Å²) in [5.41, 5.74) is 2.43. The van der Waals surface area contributed by atoms with Gasteiger partial charge in [0.25, 0.3) is 0 Å². The average molecular weight is 237 g/mol. The van der Waals surface area contributed by atoms with Gasteiger partial charge < -0.3 is 4.57 Å². The number of alkyl halides is 1. The topological polar surface area (TPSA) is 17.8 Å². The zero-order valence-corrected chi connectivity index (χ0v) is 10.8. The van der Waals surface area contributed by atoms with Crippen LogP contribution in [0.25, 0.3) is 11.0 Å². The number of halogens is 1. The number of hydrogen-bond donors (Lipinski definition) is 0. The minimum absolute atomic E-state index is 0.226. The Morgan fingerprint density at radius 3 is 2.56 bits per heavy atom. The summed E-state index contributed by atoms with van der Waals surface area (Å²) in [6, 6.07) is 8.19. The van der Waals surface area contributed by atoms with Crippen LogP contribution in [-0.2, 0) is 12.4 Å². The number of imidazole rings is 1. The molecule has 86 valence electrons. The third-order valence-corrected chi connectivity index (χ3v) is 2.72. The van der Waals surface area contributed by atoms with Crippen LogP contribution in [-0.4, -0.2) is 9.55 Å². The van der Waals surface area contributed by atoms with Crippen molar-refractivity contribution in [1.29, 1.82) is 0 Å². The van der Waals surface area contributed by atoms with Crippen molar-refractivity contribution < 1.29 is 0 Å². The molecule has 3 heteroatoms. The van der Waals surface area contributed by atoms with E-state index in [-0.39, 0.29) is 5.41 Å². The van der Waals surface area contributed by atoms with E-state index >= 15 is 0 Å². The minimum Gasteiger partial charge on any atom is -0.326 e. The molecule has 2 nitrogen and oxygen atoms in total. The summed E-state index contributed by atoms with van der Waals surface area (Å²) in [7, 11) is 0. The fraction of sp³-hybridized carbons (Fsp3) is 0.462. The quantitative estimate of drug-likeness (QED) is 0.725. The van der Waals surface area contributed by atoms with E-state index in [2.05, 4.69) is 36.4 Å². The Bertz CT molecular complexity index is 494. The van der Waals surface area contributed by atoms with E-state index in [1.54, 1.807) is 0 Å². The maximum Gasteiger partial charge on any atom is 0.124 e. The fourth-order valence-corrected chi connectivity index (χ4v) is 2.08. The van der Waals surface area contributed by atoms with Gasteiger partial charge in [0.2, 0.25) is 0 Å². The van der Waals surface area contributed by atoms with Crippen LogP contribution in [0.2, 0.25) is 0 Å². The lowest BCUT2D eigenvalue weighted by molar-refractivity contribution is 0.344. The van der Waals surface area contributed by atoms with E-state index in [4.69, 9.17) is 11.6 Å². The van der Waals surface area contributed by atoms with Crippen LogP contribution in [0, 0.1) is 5.41 Å². The van der Waals surface area contributed by atoms with Gasteiger partial charge in [-0.05, 0) is 17.5 Å². The third-order valence-electron chi connectivity index (χ3n) is 2.49. The molecule has 0 saturated heterocycles. The molecule has 0 amide bonds. The molecule has 0 aliphatic heterocycles. The van der Waals surface area contributed by atoms with Crippen LogP contribution in [0.15, 0.2) is 24.3 Å². The smallest absolute Gasteiger partial charge is 0.124 e. The molecule has 1 aromatic heterocycles. The average Bonchev–Trinajstić information content (AvgIpc) is 2.55. The van der Waals surface area contributed by atoms with Crippen LogP contribution >= 0.6 is 11.6 Å². The number of para-hydroxylation sites is 2. The number of rotatable bonds is 2. The first kappa shape index (κ1) is 11.5. The standard InChI is InChI=1S/C13H17ClN2/c1-13(2,3)9-16-11-7-5-4-6-10(11)15-12(16)8-14/h4-7H,8-9H2,1-3H3. The molecule has 2 aromatic rings. The molecule has 0 bridgehead atoms. The van der Waals surface area contributed by atoms with Gasteiger partial charge in [0.15, 0.2) is 0 Å². The highest BCUT2D eigenvalue weighted by Gasteiger charge is 2.16. The van der Waals surface area contributed by atoms with Gasteiger partial charge >= 0.3 is 0 Å². The Kier molecular flexibility index (Phi) is 2.94. The predicted molar refractivity (Wildman–Crippen MR) is 68.7 cm³/mol. The second-order valence-corrected chi connectivity index (χ2v) is 5.56. The molecular weight excluding hydrogens is 220 g/mol. The number of fused-ring (bicyclic) bond motifs is 1. The molecule has 0 radical (unpaired) electrons. The number of nitrogens with zero attached hydrogens (tertiary/aromatic N) is 2. The van der Waals surface area contributed by atoms with Crippen LogP contribution in [0.4, 0.5) is 0 Å². The van der Waals surface area contributed by atoms with Gasteiger partial charge in [0.05, 0.1) is 16.9 Å². The van der Waals surface area contributed by atoms with E-state index in [0.29, 0.717) is 5.88 Å². The van der Waals surface area contributed by atoms with Crippen molar-refractivity contribution in [3.05, 3.63) is 30.1 Å². The molecule has 0 spiro atoms. The molecule has 1 heterocycles. The molecule has 0 fully saturated rings. The van der Waals surface area contributed by atoms with Gasteiger partial charge in [-0.3, -0.25) is 0 Å². The molecule has 2 rings (SSSR count). The van der Waals surface area contributed by atoms with Crippen LogP contribution in [0.1, 0.15) is 26.6 Å². The Labute approximate surface area is 101 Å². The molecule has 1 aromatic carbocycles.